The number of benzene rings is 1. The van der Waals surface area contributed by atoms with Crippen molar-refractivity contribution in [3.63, 3.8) is 0 Å². The number of thiophene rings is 1. The number of rotatable bonds is 8. The smallest absolute Gasteiger partial charge is 0.414 e. The summed E-state index contributed by atoms with van der Waals surface area (Å²) in [6, 6.07) is 12.0. The second kappa shape index (κ2) is 8.57. The molecule has 2 fully saturated rings. The summed E-state index contributed by atoms with van der Waals surface area (Å²) in [6.07, 6.45) is 1.61. The molecule has 2 aromatic rings. The van der Waals surface area contributed by atoms with Gasteiger partial charge in [0, 0.05) is 23.7 Å². The molecule has 1 unspecified atom stereocenters. The Kier molecular flexibility index (Phi) is 6.04. The van der Waals surface area contributed by atoms with Gasteiger partial charge in [-0.15, -0.1) is 11.3 Å². The van der Waals surface area contributed by atoms with Crippen LogP contribution in [0.4, 0.5) is 10.5 Å². The van der Waals surface area contributed by atoms with Crippen molar-refractivity contribution in [1.82, 2.24) is 10.6 Å². The van der Waals surface area contributed by atoms with Gasteiger partial charge in [0.05, 0.1) is 22.3 Å². The van der Waals surface area contributed by atoms with Crippen LogP contribution in [0.5, 0.6) is 0 Å². The van der Waals surface area contributed by atoms with Crippen LogP contribution in [-0.4, -0.2) is 43.8 Å². The van der Waals surface area contributed by atoms with Gasteiger partial charge in [0.15, 0.2) is 0 Å². The SMILES string of the molecule is CC(C)NCC1(c2ccc(N3CC(CNC(=O)c4ccc(Cl)s4)OC3=O)cc2)CC1. The maximum atomic E-state index is 12.3. The van der Waals surface area contributed by atoms with Crippen molar-refractivity contribution in [2.24, 2.45) is 0 Å². The number of cyclic esters (lactones) is 1. The van der Waals surface area contributed by atoms with Gasteiger partial charge in [0.2, 0.25) is 0 Å². The largest absolute Gasteiger partial charge is 0.442 e. The minimum atomic E-state index is -0.387. The van der Waals surface area contributed by atoms with Gasteiger partial charge in [0.1, 0.15) is 6.10 Å². The zero-order valence-corrected chi connectivity index (χ0v) is 18.7. The highest BCUT2D eigenvalue weighted by atomic mass is 35.5. The Bertz CT molecular complexity index is 924. The van der Waals surface area contributed by atoms with Gasteiger partial charge < -0.3 is 15.4 Å². The fourth-order valence-corrected chi connectivity index (χ4v) is 4.64. The lowest BCUT2D eigenvalue weighted by atomic mass is 9.95. The monoisotopic (exact) mass is 447 g/mol. The van der Waals surface area contributed by atoms with Crippen molar-refractivity contribution < 1.29 is 14.3 Å². The van der Waals surface area contributed by atoms with E-state index in [9.17, 15) is 9.59 Å². The van der Waals surface area contributed by atoms with Crippen molar-refractivity contribution in [3.8, 4) is 0 Å². The number of amides is 2. The summed E-state index contributed by atoms with van der Waals surface area (Å²) in [4.78, 5) is 26.7. The van der Waals surface area contributed by atoms with Crippen molar-refractivity contribution in [3.05, 3.63) is 51.2 Å². The topological polar surface area (TPSA) is 70.7 Å². The fourth-order valence-electron chi connectivity index (χ4n) is 3.68. The van der Waals surface area contributed by atoms with Crippen LogP contribution in [0, 0.1) is 0 Å². The molecule has 2 heterocycles. The standard InChI is InChI=1S/C22H26ClN3O3S/c1-14(2)25-13-22(9-10-22)15-3-5-16(6-4-15)26-12-17(29-21(26)28)11-24-20(27)18-7-8-19(23)30-18/h3-8,14,17,25H,9-13H2,1-2H3,(H,24,27). The molecule has 1 aliphatic carbocycles. The molecular formula is C22H26ClN3O3S. The highest BCUT2D eigenvalue weighted by Gasteiger charge is 2.44. The number of carbonyl (C=O) groups excluding carboxylic acids is 2. The predicted molar refractivity (Wildman–Crippen MR) is 120 cm³/mol. The Morgan fingerprint density at radius 3 is 2.60 bits per heavy atom. The number of nitrogens with one attached hydrogen (secondary N) is 2. The van der Waals surface area contributed by atoms with E-state index < -0.39 is 0 Å². The summed E-state index contributed by atoms with van der Waals surface area (Å²) < 4.78 is 6.00. The maximum Gasteiger partial charge on any atom is 0.414 e. The third-order valence-corrected chi connectivity index (χ3v) is 6.88. The van der Waals surface area contributed by atoms with E-state index in [1.54, 1.807) is 17.0 Å². The molecule has 2 amide bonds. The first-order valence-electron chi connectivity index (χ1n) is 10.2. The van der Waals surface area contributed by atoms with Gasteiger partial charge >= 0.3 is 6.09 Å². The fraction of sp³-hybridized carbons (Fsp3) is 0.455. The van der Waals surface area contributed by atoms with Crippen LogP contribution in [0.3, 0.4) is 0 Å². The van der Waals surface area contributed by atoms with E-state index in [4.69, 9.17) is 16.3 Å². The normalized spacial score (nSPS) is 19.8. The Morgan fingerprint density at radius 2 is 2.00 bits per heavy atom. The van der Waals surface area contributed by atoms with E-state index in [-0.39, 0.29) is 30.1 Å². The minimum absolute atomic E-state index is 0.213. The van der Waals surface area contributed by atoms with E-state index in [0.717, 1.165) is 12.2 Å². The van der Waals surface area contributed by atoms with E-state index in [1.165, 1.54) is 29.7 Å². The van der Waals surface area contributed by atoms with E-state index >= 15 is 0 Å². The average molecular weight is 448 g/mol. The highest BCUT2D eigenvalue weighted by Crippen LogP contribution is 2.48. The molecule has 1 aromatic heterocycles. The van der Waals surface area contributed by atoms with Crippen LogP contribution >= 0.6 is 22.9 Å². The number of carbonyl (C=O) groups is 2. The summed E-state index contributed by atoms with van der Waals surface area (Å²) in [5.74, 6) is -0.213. The minimum Gasteiger partial charge on any atom is -0.442 e. The Balaban J connectivity index is 1.33. The lowest BCUT2D eigenvalue weighted by Gasteiger charge is -2.20. The molecule has 2 N–H and O–H groups in total. The Labute approximate surface area is 185 Å². The Hall–Kier alpha value is -2.09. The maximum absolute atomic E-state index is 12.3. The van der Waals surface area contributed by atoms with Crippen molar-refractivity contribution >= 4 is 40.6 Å². The number of halogens is 1. The van der Waals surface area contributed by atoms with Crippen LogP contribution in [-0.2, 0) is 10.2 Å². The molecule has 1 aliphatic heterocycles. The molecule has 1 saturated heterocycles. The number of hydrogen-bond donors (Lipinski definition) is 2. The molecule has 2 aliphatic rings. The van der Waals surface area contributed by atoms with Crippen LogP contribution in [0.2, 0.25) is 4.34 Å². The van der Waals surface area contributed by atoms with E-state index in [1.807, 2.05) is 12.1 Å². The zero-order chi connectivity index (χ0) is 21.3. The average Bonchev–Trinajstić information content (AvgIpc) is 3.25. The quantitative estimate of drug-likeness (QED) is 0.636. The van der Waals surface area contributed by atoms with Crippen LogP contribution in [0.15, 0.2) is 36.4 Å². The molecule has 0 bridgehead atoms. The highest BCUT2D eigenvalue weighted by molar-refractivity contribution is 7.17. The molecule has 8 heteroatoms. The zero-order valence-electron chi connectivity index (χ0n) is 17.1. The van der Waals surface area contributed by atoms with Crippen LogP contribution in [0.1, 0.15) is 41.9 Å². The van der Waals surface area contributed by atoms with Crippen LogP contribution in [0.25, 0.3) is 0 Å². The molecule has 0 radical (unpaired) electrons. The first-order valence-corrected chi connectivity index (χ1v) is 11.4. The second-order valence-corrected chi connectivity index (χ2v) is 10.0. The number of hydrogen-bond acceptors (Lipinski definition) is 5. The first kappa shape index (κ1) is 21.2. The number of anilines is 1. The van der Waals surface area contributed by atoms with Crippen molar-refractivity contribution in [2.75, 3.05) is 24.5 Å². The molecular weight excluding hydrogens is 422 g/mol. The van der Waals surface area contributed by atoms with E-state index in [0.29, 0.717) is 21.8 Å². The lowest BCUT2D eigenvalue weighted by molar-refractivity contribution is 0.0920. The second-order valence-electron chi connectivity index (χ2n) is 8.29. The first-order chi connectivity index (χ1) is 14.4. The summed E-state index contributed by atoms with van der Waals surface area (Å²) in [6.45, 7) is 5.97. The van der Waals surface area contributed by atoms with Gasteiger partial charge in [-0.05, 0) is 42.7 Å². The molecule has 4 rings (SSSR count). The van der Waals surface area contributed by atoms with Gasteiger partial charge in [-0.2, -0.15) is 0 Å². The summed E-state index contributed by atoms with van der Waals surface area (Å²) >= 11 is 7.09. The van der Waals surface area contributed by atoms with Crippen molar-refractivity contribution in [2.45, 2.75) is 44.2 Å². The van der Waals surface area contributed by atoms with Gasteiger partial charge in [-0.3, -0.25) is 9.69 Å². The summed E-state index contributed by atoms with van der Waals surface area (Å²) in [7, 11) is 0. The molecule has 1 atom stereocenters. The third-order valence-electron chi connectivity index (χ3n) is 5.65. The van der Waals surface area contributed by atoms with Gasteiger partial charge in [-0.25, -0.2) is 4.79 Å². The molecule has 1 saturated carbocycles. The van der Waals surface area contributed by atoms with Gasteiger partial charge in [-0.1, -0.05) is 37.6 Å². The molecule has 0 spiro atoms. The van der Waals surface area contributed by atoms with E-state index in [2.05, 4.69) is 36.6 Å². The molecule has 160 valence electrons. The summed E-state index contributed by atoms with van der Waals surface area (Å²) in [5, 5.41) is 6.35. The van der Waals surface area contributed by atoms with Crippen LogP contribution < -0.4 is 15.5 Å². The molecule has 1 aromatic carbocycles. The van der Waals surface area contributed by atoms with Crippen molar-refractivity contribution in [1.29, 1.82) is 0 Å². The molecule has 6 nitrogen and oxygen atoms in total. The summed E-state index contributed by atoms with van der Waals surface area (Å²) in [5.41, 5.74) is 2.35. The van der Waals surface area contributed by atoms with Gasteiger partial charge in [0.25, 0.3) is 5.91 Å². The lowest BCUT2D eigenvalue weighted by Crippen LogP contribution is -2.34. The number of nitrogens with zero attached hydrogens (tertiary/aromatic N) is 1. The Morgan fingerprint density at radius 1 is 1.27 bits per heavy atom. The predicted octanol–water partition coefficient (Wildman–Crippen LogP) is 4.19. The third kappa shape index (κ3) is 4.63. The number of ether oxygens (including phenoxy) is 1. The molecule has 30 heavy (non-hydrogen) atoms.